The second kappa shape index (κ2) is 7.56. The molecule has 0 atom stereocenters. The van der Waals surface area contributed by atoms with Crippen LogP contribution in [0.4, 0.5) is 5.69 Å². The Hall–Kier alpha value is -3.61. The van der Waals surface area contributed by atoms with Gasteiger partial charge in [-0.05, 0) is 36.1 Å². The number of benzene rings is 2. The maximum absolute atomic E-state index is 12.3. The summed E-state index contributed by atoms with van der Waals surface area (Å²) in [6.45, 7) is 0. The summed E-state index contributed by atoms with van der Waals surface area (Å²) in [7, 11) is 1.52. The van der Waals surface area contributed by atoms with Crippen molar-refractivity contribution in [2.75, 3.05) is 12.4 Å². The van der Waals surface area contributed by atoms with Crippen molar-refractivity contribution < 1.29 is 18.7 Å². The van der Waals surface area contributed by atoms with Crippen LogP contribution in [0.5, 0.6) is 5.75 Å². The Morgan fingerprint density at radius 1 is 1.11 bits per heavy atom. The lowest BCUT2D eigenvalue weighted by Crippen LogP contribution is -2.42. The second-order valence-electron chi connectivity index (χ2n) is 6.58. The molecule has 4 rings (SSSR count). The van der Waals surface area contributed by atoms with Crippen LogP contribution in [-0.4, -0.2) is 29.9 Å². The van der Waals surface area contributed by atoms with E-state index in [0.717, 1.165) is 12.8 Å². The number of anilines is 1. The van der Waals surface area contributed by atoms with E-state index in [1.807, 2.05) is 24.3 Å². The minimum absolute atomic E-state index is 0.0704. The standard InChI is InChI=1S/C21H19N3O4/c1-27-18-10-15(6-7-17(18)19-11-22-12-28-19)23-20(25)21(26)24-16-8-13-4-2-3-5-14(13)9-16/h2-7,10-12,16H,8-9H2,1H3,(H,23,25)(H,24,26). The first-order valence-electron chi connectivity index (χ1n) is 8.89. The highest BCUT2D eigenvalue weighted by Gasteiger charge is 2.25. The first kappa shape index (κ1) is 17.8. The Morgan fingerprint density at radius 3 is 2.50 bits per heavy atom. The molecule has 1 heterocycles. The molecule has 28 heavy (non-hydrogen) atoms. The molecule has 0 saturated heterocycles. The highest BCUT2D eigenvalue weighted by Crippen LogP contribution is 2.32. The van der Waals surface area contributed by atoms with Gasteiger partial charge in [-0.25, -0.2) is 4.98 Å². The highest BCUT2D eigenvalue weighted by molar-refractivity contribution is 6.39. The minimum Gasteiger partial charge on any atom is -0.496 e. The molecule has 0 aliphatic heterocycles. The van der Waals surface area contributed by atoms with Gasteiger partial charge in [-0.2, -0.15) is 0 Å². The molecule has 3 aromatic rings. The first-order valence-corrected chi connectivity index (χ1v) is 8.89. The predicted octanol–water partition coefficient (Wildman–Crippen LogP) is 2.57. The summed E-state index contributed by atoms with van der Waals surface area (Å²) in [4.78, 5) is 28.5. The maximum atomic E-state index is 12.3. The largest absolute Gasteiger partial charge is 0.496 e. The molecule has 7 heteroatoms. The number of ether oxygens (including phenoxy) is 1. The van der Waals surface area contributed by atoms with Gasteiger partial charge in [0.2, 0.25) is 0 Å². The summed E-state index contributed by atoms with van der Waals surface area (Å²) in [6.07, 6.45) is 4.36. The Bertz CT molecular complexity index is 989. The van der Waals surface area contributed by atoms with Crippen molar-refractivity contribution in [1.82, 2.24) is 10.3 Å². The third kappa shape index (κ3) is 3.59. The molecule has 0 radical (unpaired) electrons. The molecular weight excluding hydrogens is 358 g/mol. The number of hydrogen-bond acceptors (Lipinski definition) is 5. The molecular formula is C21H19N3O4. The van der Waals surface area contributed by atoms with Gasteiger partial charge < -0.3 is 19.8 Å². The third-order valence-corrected chi connectivity index (χ3v) is 4.75. The van der Waals surface area contributed by atoms with Crippen LogP contribution in [0, 0.1) is 0 Å². The molecule has 2 aromatic carbocycles. The molecule has 2 amide bonds. The molecule has 2 N–H and O–H groups in total. The van der Waals surface area contributed by atoms with Gasteiger partial charge in [0, 0.05) is 17.8 Å². The van der Waals surface area contributed by atoms with Gasteiger partial charge in [0.25, 0.3) is 0 Å². The molecule has 0 fully saturated rings. The second-order valence-corrected chi connectivity index (χ2v) is 6.58. The molecule has 1 aliphatic rings. The van der Waals surface area contributed by atoms with Crippen LogP contribution in [0.25, 0.3) is 11.3 Å². The molecule has 0 spiro atoms. The Labute approximate surface area is 161 Å². The van der Waals surface area contributed by atoms with Crippen LogP contribution < -0.4 is 15.4 Å². The van der Waals surface area contributed by atoms with Crippen molar-refractivity contribution in [3.63, 3.8) is 0 Å². The average Bonchev–Trinajstić information content (AvgIpc) is 3.37. The van der Waals surface area contributed by atoms with Gasteiger partial charge in [0.15, 0.2) is 12.2 Å². The number of nitrogens with zero attached hydrogens (tertiary/aromatic N) is 1. The van der Waals surface area contributed by atoms with E-state index in [2.05, 4.69) is 15.6 Å². The number of carbonyl (C=O) groups is 2. The van der Waals surface area contributed by atoms with Crippen molar-refractivity contribution in [3.8, 4) is 17.1 Å². The summed E-state index contributed by atoms with van der Waals surface area (Å²) in [6, 6.07) is 13.0. The van der Waals surface area contributed by atoms with Crippen molar-refractivity contribution in [2.45, 2.75) is 18.9 Å². The lowest BCUT2D eigenvalue weighted by atomic mass is 10.1. The summed E-state index contributed by atoms with van der Waals surface area (Å²) < 4.78 is 10.6. The summed E-state index contributed by atoms with van der Waals surface area (Å²) >= 11 is 0. The van der Waals surface area contributed by atoms with E-state index in [0.29, 0.717) is 22.8 Å². The quantitative estimate of drug-likeness (QED) is 0.682. The number of rotatable bonds is 4. The zero-order chi connectivity index (χ0) is 19.5. The van der Waals surface area contributed by atoms with Gasteiger partial charge in [-0.3, -0.25) is 9.59 Å². The van der Waals surface area contributed by atoms with E-state index in [1.165, 1.54) is 24.6 Å². The van der Waals surface area contributed by atoms with E-state index in [-0.39, 0.29) is 6.04 Å². The zero-order valence-electron chi connectivity index (χ0n) is 15.3. The van der Waals surface area contributed by atoms with Gasteiger partial charge in [-0.1, -0.05) is 24.3 Å². The number of fused-ring (bicyclic) bond motifs is 1. The fourth-order valence-electron chi connectivity index (χ4n) is 3.42. The Morgan fingerprint density at radius 2 is 1.86 bits per heavy atom. The van der Waals surface area contributed by atoms with E-state index >= 15 is 0 Å². The van der Waals surface area contributed by atoms with E-state index in [4.69, 9.17) is 9.15 Å². The van der Waals surface area contributed by atoms with Gasteiger partial charge in [0.1, 0.15) is 5.75 Å². The van der Waals surface area contributed by atoms with E-state index in [1.54, 1.807) is 24.4 Å². The lowest BCUT2D eigenvalue weighted by Gasteiger charge is -2.13. The van der Waals surface area contributed by atoms with Crippen LogP contribution in [0.1, 0.15) is 11.1 Å². The lowest BCUT2D eigenvalue weighted by molar-refractivity contribution is -0.136. The van der Waals surface area contributed by atoms with Crippen LogP contribution in [0.3, 0.4) is 0 Å². The summed E-state index contributed by atoms with van der Waals surface area (Å²) in [5, 5.41) is 5.41. The molecule has 142 valence electrons. The van der Waals surface area contributed by atoms with Crippen molar-refractivity contribution >= 4 is 17.5 Å². The van der Waals surface area contributed by atoms with E-state index < -0.39 is 11.8 Å². The average molecular weight is 377 g/mol. The number of nitrogens with one attached hydrogen (secondary N) is 2. The topological polar surface area (TPSA) is 93.5 Å². The van der Waals surface area contributed by atoms with Crippen LogP contribution in [0.2, 0.25) is 0 Å². The fourth-order valence-corrected chi connectivity index (χ4v) is 3.42. The molecule has 7 nitrogen and oxygen atoms in total. The van der Waals surface area contributed by atoms with Crippen LogP contribution in [0.15, 0.2) is 59.5 Å². The van der Waals surface area contributed by atoms with Gasteiger partial charge in [-0.15, -0.1) is 0 Å². The molecule has 0 saturated carbocycles. The molecule has 0 unspecified atom stereocenters. The number of hydrogen-bond donors (Lipinski definition) is 2. The summed E-state index contributed by atoms with van der Waals surface area (Å²) in [5.41, 5.74) is 3.57. The molecule has 1 aromatic heterocycles. The fraction of sp³-hybridized carbons (Fsp3) is 0.190. The molecule has 0 bridgehead atoms. The van der Waals surface area contributed by atoms with Crippen LogP contribution in [-0.2, 0) is 22.4 Å². The Kier molecular flexibility index (Phi) is 4.80. The predicted molar refractivity (Wildman–Crippen MR) is 103 cm³/mol. The maximum Gasteiger partial charge on any atom is 0.313 e. The van der Waals surface area contributed by atoms with Gasteiger partial charge >= 0.3 is 11.8 Å². The number of carbonyl (C=O) groups excluding carboxylic acids is 2. The monoisotopic (exact) mass is 377 g/mol. The minimum atomic E-state index is -0.717. The third-order valence-electron chi connectivity index (χ3n) is 4.75. The van der Waals surface area contributed by atoms with Gasteiger partial charge in [0.05, 0.1) is 18.9 Å². The normalized spacial score (nSPS) is 13.0. The number of aromatic nitrogens is 1. The Balaban J connectivity index is 1.40. The zero-order valence-corrected chi connectivity index (χ0v) is 15.3. The smallest absolute Gasteiger partial charge is 0.313 e. The van der Waals surface area contributed by atoms with E-state index in [9.17, 15) is 9.59 Å². The molecule has 1 aliphatic carbocycles. The summed E-state index contributed by atoms with van der Waals surface area (Å²) in [5.74, 6) is -0.323. The number of amides is 2. The first-order chi connectivity index (χ1) is 13.6. The van der Waals surface area contributed by atoms with Crippen molar-refractivity contribution in [1.29, 1.82) is 0 Å². The van der Waals surface area contributed by atoms with Crippen molar-refractivity contribution in [2.24, 2.45) is 0 Å². The van der Waals surface area contributed by atoms with Crippen LogP contribution >= 0.6 is 0 Å². The number of oxazole rings is 1. The SMILES string of the molecule is COc1cc(NC(=O)C(=O)NC2Cc3ccccc3C2)ccc1-c1cnco1. The highest BCUT2D eigenvalue weighted by atomic mass is 16.5. The van der Waals surface area contributed by atoms with Crippen molar-refractivity contribution in [3.05, 3.63) is 66.2 Å². The number of methoxy groups -OCH3 is 1.